The van der Waals surface area contributed by atoms with Crippen molar-refractivity contribution in [1.29, 1.82) is 0 Å². The predicted octanol–water partition coefficient (Wildman–Crippen LogP) is 5.90. The third-order valence-corrected chi connectivity index (χ3v) is 6.30. The maximum Gasteiger partial charge on any atom is 0.0423 e. The van der Waals surface area contributed by atoms with Gasteiger partial charge < -0.3 is 0 Å². The summed E-state index contributed by atoms with van der Waals surface area (Å²) in [4.78, 5) is 0. The van der Waals surface area contributed by atoms with Crippen molar-refractivity contribution in [3.8, 4) is 0 Å². The largest absolute Gasteiger partial charge is 0.282 e. The number of nitrogens with one attached hydrogen (secondary N) is 1. The Labute approximate surface area is 137 Å². The SMILES string of the molecule is CCC(C)C1=C2CCC(C(CC)CC)CCCC2C(C)=NN1. The fraction of sp³-hybridized carbons (Fsp3) is 0.850. The summed E-state index contributed by atoms with van der Waals surface area (Å²) < 4.78 is 0. The Hall–Kier alpha value is -0.790. The van der Waals surface area contributed by atoms with Crippen molar-refractivity contribution < 1.29 is 0 Å². The molecule has 1 saturated carbocycles. The van der Waals surface area contributed by atoms with E-state index in [1.165, 1.54) is 62.8 Å². The quantitative estimate of drug-likeness (QED) is 0.672. The van der Waals surface area contributed by atoms with Crippen LogP contribution < -0.4 is 5.43 Å². The molecule has 22 heavy (non-hydrogen) atoms. The Bertz CT molecular complexity index is 417. The molecule has 0 spiro atoms. The Morgan fingerprint density at radius 1 is 1.09 bits per heavy atom. The minimum absolute atomic E-state index is 0.611. The number of hydrogen-bond acceptors (Lipinski definition) is 2. The van der Waals surface area contributed by atoms with E-state index in [-0.39, 0.29) is 0 Å². The van der Waals surface area contributed by atoms with Crippen LogP contribution in [0.2, 0.25) is 0 Å². The molecule has 0 aromatic carbocycles. The average molecular weight is 305 g/mol. The minimum Gasteiger partial charge on any atom is -0.282 e. The third-order valence-electron chi connectivity index (χ3n) is 6.30. The molecule has 1 aliphatic carbocycles. The molecule has 1 heterocycles. The molecular weight excluding hydrogens is 268 g/mol. The second-order valence-electron chi connectivity index (χ2n) is 7.47. The summed E-state index contributed by atoms with van der Waals surface area (Å²) in [7, 11) is 0. The van der Waals surface area contributed by atoms with E-state index in [2.05, 4.69) is 45.1 Å². The molecular formula is C20H36N2. The van der Waals surface area contributed by atoms with Gasteiger partial charge in [-0.2, -0.15) is 5.10 Å². The van der Waals surface area contributed by atoms with Gasteiger partial charge in [-0.1, -0.05) is 53.4 Å². The molecule has 126 valence electrons. The van der Waals surface area contributed by atoms with E-state index in [0.29, 0.717) is 11.8 Å². The molecule has 2 nitrogen and oxygen atoms in total. The maximum atomic E-state index is 4.63. The standard InChI is InChI=1S/C20H36N2/c1-6-14(4)20-19-13-12-17(16(7-2)8-3)10-9-11-18(19)15(5)21-22-20/h14,16-18,22H,6-13H2,1-5H3. The summed E-state index contributed by atoms with van der Waals surface area (Å²) in [5.74, 6) is 3.09. The fourth-order valence-corrected chi connectivity index (χ4v) is 4.56. The summed E-state index contributed by atoms with van der Waals surface area (Å²) >= 11 is 0. The van der Waals surface area contributed by atoms with Gasteiger partial charge in [0, 0.05) is 17.3 Å². The Balaban J connectivity index is 2.20. The van der Waals surface area contributed by atoms with Crippen molar-refractivity contribution in [2.75, 3.05) is 0 Å². The zero-order chi connectivity index (χ0) is 16.1. The van der Waals surface area contributed by atoms with Gasteiger partial charge in [-0.3, -0.25) is 5.43 Å². The number of fused-ring (bicyclic) bond motifs is 1. The van der Waals surface area contributed by atoms with Gasteiger partial charge in [0.2, 0.25) is 0 Å². The van der Waals surface area contributed by atoms with Gasteiger partial charge in [-0.25, -0.2) is 0 Å². The summed E-state index contributed by atoms with van der Waals surface area (Å²) in [6.45, 7) is 11.6. The van der Waals surface area contributed by atoms with E-state index >= 15 is 0 Å². The van der Waals surface area contributed by atoms with Crippen LogP contribution in [0.4, 0.5) is 0 Å². The fourth-order valence-electron chi connectivity index (χ4n) is 4.56. The minimum atomic E-state index is 0.611. The van der Waals surface area contributed by atoms with Crippen LogP contribution in [-0.2, 0) is 0 Å². The van der Waals surface area contributed by atoms with Gasteiger partial charge in [0.15, 0.2) is 0 Å². The molecule has 0 saturated heterocycles. The van der Waals surface area contributed by atoms with Crippen LogP contribution >= 0.6 is 0 Å². The highest BCUT2D eigenvalue weighted by Gasteiger charge is 2.30. The molecule has 1 fully saturated rings. The molecule has 2 rings (SSSR count). The number of rotatable bonds is 5. The highest BCUT2D eigenvalue weighted by Crippen LogP contribution is 2.39. The second kappa shape index (κ2) is 8.17. The summed E-state index contributed by atoms with van der Waals surface area (Å²) in [5, 5.41) is 4.63. The number of hydrazone groups is 1. The molecule has 2 aliphatic rings. The van der Waals surface area contributed by atoms with Gasteiger partial charge in [0.1, 0.15) is 0 Å². The van der Waals surface area contributed by atoms with Crippen LogP contribution in [0.3, 0.4) is 0 Å². The van der Waals surface area contributed by atoms with E-state index in [1.807, 2.05) is 0 Å². The number of allylic oxidation sites excluding steroid dienone is 2. The van der Waals surface area contributed by atoms with Gasteiger partial charge in [-0.15, -0.1) is 0 Å². The molecule has 0 aromatic rings. The third kappa shape index (κ3) is 3.75. The molecule has 2 heteroatoms. The Kier molecular flexibility index (Phi) is 6.52. The zero-order valence-electron chi connectivity index (χ0n) is 15.4. The average Bonchev–Trinajstić information content (AvgIpc) is 2.51. The van der Waals surface area contributed by atoms with Crippen LogP contribution in [-0.4, -0.2) is 5.71 Å². The van der Waals surface area contributed by atoms with Gasteiger partial charge in [0.25, 0.3) is 0 Å². The normalized spacial score (nSPS) is 27.6. The molecule has 0 aromatic heterocycles. The van der Waals surface area contributed by atoms with Crippen LogP contribution in [0.15, 0.2) is 16.4 Å². The zero-order valence-corrected chi connectivity index (χ0v) is 15.4. The highest BCUT2D eigenvalue weighted by molar-refractivity contribution is 5.87. The van der Waals surface area contributed by atoms with Crippen molar-refractivity contribution in [3.63, 3.8) is 0 Å². The molecule has 3 atom stereocenters. The van der Waals surface area contributed by atoms with Gasteiger partial charge >= 0.3 is 0 Å². The van der Waals surface area contributed by atoms with E-state index in [9.17, 15) is 0 Å². The van der Waals surface area contributed by atoms with E-state index in [1.54, 1.807) is 5.57 Å². The summed E-state index contributed by atoms with van der Waals surface area (Å²) in [5.41, 5.74) is 7.85. The first-order valence-electron chi connectivity index (χ1n) is 9.65. The summed E-state index contributed by atoms with van der Waals surface area (Å²) in [6.07, 6.45) is 10.7. The number of nitrogens with zero attached hydrogens (tertiary/aromatic N) is 1. The molecule has 1 aliphatic heterocycles. The lowest BCUT2D eigenvalue weighted by atomic mass is 9.73. The maximum absolute atomic E-state index is 4.63. The molecule has 0 radical (unpaired) electrons. The van der Waals surface area contributed by atoms with Crippen molar-refractivity contribution in [2.24, 2.45) is 28.8 Å². The molecule has 3 unspecified atom stereocenters. The highest BCUT2D eigenvalue weighted by atomic mass is 15.3. The monoisotopic (exact) mass is 304 g/mol. The van der Waals surface area contributed by atoms with E-state index in [4.69, 9.17) is 0 Å². The van der Waals surface area contributed by atoms with Crippen molar-refractivity contribution in [2.45, 2.75) is 86.0 Å². The van der Waals surface area contributed by atoms with E-state index in [0.717, 1.165) is 11.8 Å². The van der Waals surface area contributed by atoms with Crippen molar-refractivity contribution >= 4 is 5.71 Å². The van der Waals surface area contributed by atoms with Crippen LogP contribution in [0.1, 0.15) is 86.0 Å². The molecule has 0 bridgehead atoms. The van der Waals surface area contributed by atoms with Crippen molar-refractivity contribution in [3.05, 3.63) is 11.3 Å². The first-order chi connectivity index (χ1) is 10.6. The topological polar surface area (TPSA) is 24.4 Å². The predicted molar refractivity (Wildman–Crippen MR) is 96.9 cm³/mol. The molecule has 1 N–H and O–H groups in total. The van der Waals surface area contributed by atoms with Crippen molar-refractivity contribution in [1.82, 2.24) is 5.43 Å². The lowest BCUT2D eigenvalue weighted by Gasteiger charge is -2.35. The lowest BCUT2D eigenvalue weighted by Crippen LogP contribution is -2.31. The smallest absolute Gasteiger partial charge is 0.0423 e. The van der Waals surface area contributed by atoms with E-state index < -0.39 is 0 Å². The Morgan fingerprint density at radius 2 is 1.82 bits per heavy atom. The molecule has 0 amide bonds. The van der Waals surface area contributed by atoms with Gasteiger partial charge in [0.05, 0.1) is 0 Å². The number of hydrogen-bond donors (Lipinski definition) is 1. The van der Waals surface area contributed by atoms with Crippen LogP contribution in [0.25, 0.3) is 0 Å². The van der Waals surface area contributed by atoms with Crippen LogP contribution in [0, 0.1) is 23.7 Å². The van der Waals surface area contributed by atoms with Gasteiger partial charge in [-0.05, 0) is 55.9 Å². The first kappa shape index (κ1) is 17.6. The second-order valence-corrected chi connectivity index (χ2v) is 7.47. The first-order valence-corrected chi connectivity index (χ1v) is 9.65. The Morgan fingerprint density at radius 3 is 2.45 bits per heavy atom. The van der Waals surface area contributed by atoms with Crippen LogP contribution in [0.5, 0.6) is 0 Å². The lowest BCUT2D eigenvalue weighted by molar-refractivity contribution is 0.257. The summed E-state index contributed by atoms with van der Waals surface area (Å²) in [6, 6.07) is 0.